The van der Waals surface area contributed by atoms with Crippen LogP contribution in [0.15, 0.2) is 24.3 Å². The predicted molar refractivity (Wildman–Crippen MR) is 66.2 cm³/mol. The number of ether oxygens (including phenoxy) is 1. The van der Waals surface area contributed by atoms with Gasteiger partial charge in [0.05, 0.1) is 12.1 Å². The lowest BCUT2D eigenvalue weighted by Crippen LogP contribution is -2.34. The normalized spacial score (nSPS) is 17.2. The fourth-order valence-electron chi connectivity index (χ4n) is 2.11. The average molecular weight is 288 g/mol. The molecule has 110 valence electrons. The second kappa shape index (κ2) is 5.70. The number of hydrogen-bond acceptors (Lipinski definition) is 3. The monoisotopic (exact) mass is 288 g/mol. The maximum Gasteiger partial charge on any atom is 0.416 e. The summed E-state index contributed by atoms with van der Waals surface area (Å²) in [5.74, 6) is 0. The smallest absolute Gasteiger partial charge is 0.416 e. The lowest BCUT2D eigenvalue weighted by atomic mass is 10.0. The molecule has 1 aliphatic rings. The molecule has 1 atom stereocenters. The largest absolute Gasteiger partial charge is 0.448 e. The van der Waals surface area contributed by atoms with Crippen LogP contribution < -0.4 is 5.32 Å². The molecule has 0 saturated carbocycles. The standard InChI is InChI=1S/C13H15F3N2O2/c1-17-11(8-18-5-6-20-12(18)19)9-3-2-4-10(7-9)13(14,15)16/h2-4,7,11,17H,5-6,8H2,1H3. The summed E-state index contributed by atoms with van der Waals surface area (Å²) < 4.78 is 42.9. The number of likely N-dealkylation sites (N-methyl/N-ethyl adjacent to an activating group) is 1. The van der Waals surface area contributed by atoms with E-state index in [0.717, 1.165) is 12.1 Å². The Balaban J connectivity index is 2.17. The van der Waals surface area contributed by atoms with Crippen molar-refractivity contribution in [1.29, 1.82) is 0 Å². The van der Waals surface area contributed by atoms with Gasteiger partial charge in [-0.25, -0.2) is 4.79 Å². The van der Waals surface area contributed by atoms with Crippen LogP contribution >= 0.6 is 0 Å². The van der Waals surface area contributed by atoms with Crippen molar-refractivity contribution in [1.82, 2.24) is 10.2 Å². The number of cyclic esters (lactones) is 1. The number of nitrogens with one attached hydrogen (secondary N) is 1. The molecule has 4 nitrogen and oxygen atoms in total. The molecule has 7 heteroatoms. The summed E-state index contributed by atoms with van der Waals surface area (Å²) in [7, 11) is 1.65. The molecule has 1 unspecified atom stereocenters. The van der Waals surface area contributed by atoms with Gasteiger partial charge < -0.3 is 15.0 Å². The van der Waals surface area contributed by atoms with Crippen LogP contribution in [0.2, 0.25) is 0 Å². The summed E-state index contributed by atoms with van der Waals surface area (Å²) in [5.41, 5.74) is -0.207. The van der Waals surface area contributed by atoms with E-state index < -0.39 is 17.8 Å². The highest BCUT2D eigenvalue weighted by molar-refractivity contribution is 5.69. The van der Waals surface area contributed by atoms with E-state index in [1.807, 2.05) is 0 Å². The third-order valence-electron chi connectivity index (χ3n) is 3.21. The van der Waals surface area contributed by atoms with Crippen LogP contribution in [0.3, 0.4) is 0 Å². The topological polar surface area (TPSA) is 41.6 Å². The number of alkyl halides is 3. The minimum absolute atomic E-state index is 0.274. The fourth-order valence-corrected chi connectivity index (χ4v) is 2.11. The van der Waals surface area contributed by atoms with Crippen LogP contribution in [-0.2, 0) is 10.9 Å². The molecule has 0 bridgehead atoms. The Kier molecular flexibility index (Phi) is 4.17. The average Bonchev–Trinajstić information content (AvgIpc) is 2.80. The second-order valence-corrected chi connectivity index (χ2v) is 4.52. The van der Waals surface area contributed by atoms with Crippen molar-refractivity contribution in [3.63, 3.8) is 0 Å². The summed E-state index contributed by atoms with van der Waals surface area (Å²) in [6.07, 6.45) is -4.81. The van der Waals surface area contributed by atoms with Crippen LogP contribution in [0.5, 0.6) is 0 Å². The summed E-state index contributed by atoms with van der Waals surface area (Å²) in [6, 6.07) is 4.73. The Morgan fingerprint density at radius 1 is 1.45 bits per heavy atom. The van der Waals surface area contributed by atoms with Crippen molar-refractivity contribution in [2.45, 2.75) is 12.2 Å². The van der Waals surface area contributed by atoms with Crippen molar-refractivity contribution in [2.75, 3.05) is 26.7 Å². The first-order chi connectivity index (χ1) is 9.41. The Morgan fingerprint density at radius 3 is 2.75 bits per heavy atom. The van der Waals surface area contributed by atoms with Crippen molar-refractivity contribution < 1.29 is 22.7 Å². The number of carbonyl (C=O) groups excluding carboxylic acids is 1. The van der Waals surface area contributed by atoms with Gasteiger partial charge in [0.1, 0.15) is 6.61 Å². The van der Waals surface area contributed by atoms with Gasteiger partial charge in [0.15, 0.2) is 0 Å². The van der Waals surface area contributed by atoms with E-state index in [1.165, 1.54) is 11.0 Å². The molecule has 1 aliphatic heterocycles. The third kappa shape index (κ3) is 3.22. The molecule has 1 aromatic carbocycles. The first-order valence-electron chi connectivity index (χ1n) is 6.18. The highest BCUT2D eigenvalue weighted by atomic mass is 19.4. The minimum atomic E-state index is -4.37. The molecule has 2 rings (SSSR count). The van der Waals surface area contributed by atoms with Gasteiger partial charge in [-0.15, -0.1) is 0 Å². The molecule has 1 fully saturated rings. The van der Waals surface area contributed by atoms with Crippen molar-refractivity contribution in [3.8, 4) is 0 Å². The van der Waals surface area contributed by atoms with Crippen LogP contribution in [0.1, 0.15) is 17.2 Å². The Labute approximate surface area is 114 Å². The number of rotatable bonds is 4. The van der Waals surface area contributed by atoms with Gasteiger partial charge in [-0.05, 0) is 24.7 Å². The fraction of sp³-hybridized carbons (Fsp3) is 0.462. The summed E-state index contributed by atoms with van der Waals surface area (Å²) >= 11 is 0. The highest BCUT2D eigenvalue weighted by Gasteiger charge is 2.31. The molecular weight excluding hydrogens is 273 g/mol. The van der Waals surface area contributed by atoms with E-state index in [9.17, 15) is 18.0 Å². The first kappa shape index (κ1) is 14.6. The van der Waals surface area contributed by atoms with Crippen molar-refractivity contribution in [3.05, 3.63) is 35.4 Å². The number of amides is 1. The molecule has 1 saturated heterocycles. The summed E-state index contributed by atoms with van der Waals surface area (Å²) in [6.45, 7) is 1.05. The van der Waals surface area contributed by atoms with Crippen molar-refractivity contribution >= 4 is 6.09 Å². The summed E-state index contributed by atoms with van der Waals surface area (Å²) in [5, 5.41) is 2.93. The van der Waals surface area contributed by atoms with Crippen LogP contribution in [0.4, 0.5) is 18.0 Å². The molecule has 1 heterocycles. The van der Waals surface area contributed by atoms with E-state index in [-0.39, 0.29) is 12.6 Å². The van der Waals surface area contributed by atoms with Gasteiger partial charge in [0.2, 0.25) is 0 Å². The van der Waals surface area contributed by atoms with E-state index >= 15 is 0 Å². The molecular formula is C13H15F3N2O2. The number of hydrogen-bond donors (Lipinski definition) is 1. The number of nitrogens with zero attached hydrogens (tertiary/aromatic N) is 1. The SMILES string of the molecule is CNC(CN1CCOC1=O)c1cccc(C(F)(F)F)c1. The van der Waals surface area contributed by atoms with Gasteiger partial charge in [0, 0.05) is 12.6 Å². The maximum atomic E-state index is 12.7. The lowest BCUT2D eigenvalue weighted by molar-refractivity contribution is -0.137. The molecule has 0 radical (unpaired) electrons. The quantitative estimate of drug-likeness (QED) is 0.925. The van der Waals surface area contributed by atoms with Gasteiger partial charge in [0.25, 0.3) is 0 Å². The van der Waals surface area contributed by atoms with E-state index in [1.54, 1.807) is 13.1 Å². The van der Waals surface area contributed by atoms with Crippen molar-refractivity contribution in [2.24, 2.45) is 0 Å². The number of benzene rings is 1. The highest BCUT2D eigenvalue weighted by Crippen LogP contribution is 2.31. The number of halogens is 3. The zero-order chi connectivity index (χ0) is 14.8. The molecule has 0 spiro atoms. The lowest BCUT2D eigenvalue weighted by Gasteiger charge is -2.22. The van der Waals surface area contributed by atoms with E-state index in [4.69, 9.17) is 4.74 Å². The zero-order valence-corrected chi connectivity index (χ0v) is 10.9. The Hall–Kier alpha value is -1.76. The van der Waals surface area contributed by atoms with E-state index in [2.05, 4.69) is 5.32 Å². The van der Waals surface area contributed by atoms with Gasteiger partial charge in [-0.2, -0.15) is 13.2 Å². The summed E-state index contributed by atoms with van der Waals surface area (Å²) in [4.78, 5) is 12.9. The van der Waals surface area contributed by atoms with E-state index in [0.29, 0.717) is 18.7 Å². The molecule has 20 heavy (non-hydrogen) atoms. The van der Waals surface area contributed by atoms with Gasteiger partial charge in [-0.3, -0.25) is 0 Å². The first-order valence-corrected chi connectivity index (χ1v) is 6.18. The predicted octanol–water partition coefficient (Wildman–Crippen LogP) is 2.42. The third-order valence-corrected chi connectivity index (χ3v) is 3.21. The number of carbonyl (C=O) groups is 1. The van der Waals surface area contributed by atoms with Gasteiger partial charge >= 0.3 is 12.3 Å². The minimum Gasteiger partial charge on any atom is -0.448 e. The molecule has 1 N–H and O–H groups in total. The molecule has 0 aromatic heterocycles. The Morgan fingerprint density at radius 2 is 2.20 bits per heavy atom. The van der Waals surface area contributed by atoms with Crippen LogP contribution in [-0.4, -0.2) is 37.7 Å². The second-order valence-electron chi connectivity index (χ2n) is 4.52. The zero-order valence-electron chi connectivity index (χ0n) is 10.9. The molecule has 1 aromatic rings. The maximum absolute atomic E-state index is 12.7. The van der Waals surface area contributed by atoms with Crippen LogP contribution in [0.25, 0.3) is 0 Å². The van der Waals surface area contributed by atoms with Gasteiger partial charge in [-0.1, -0.05) is 12.1 Å². The Bertz CT molecular complexity index is 491. The van der Waals surface area contributed by atoms with Crippen LogP contribution in [0, 0.1) is 0 Å². The molecule has 1 amide bonds. The molecule has 0 aliphatic carbocycles.